The molecule has 4 nitrogen and oxygen atoms in total. The molecule has 1 saturated heterocycles. The molecule has 5 heteroatoms. The van der Waals surface area contributed by atoms with Crippen molar-refractivity contribution in [1.29, 1.82) is 0 Å². The van der Waals surface area contributed by atoms with Crippen LogP contribution >= 0.6 is 11.8 Å². The Kier molecular flexibility index (Phi) is 3.40. The Morgan fingerprint density at radius 3 is 2.75 bits per heavy atom. The third-order valence-electron chi connectivity index (χ3n) is 1.69. The van der Waals surface area contributed by atoms with Crippen LogP contribution < -0.4 is 5.32 Å². The van der Waals surface area contributed by atoms with Crippen molar-refractivity contribution in [2.45, 2.75) is 18.9 Å². The number of carbonyl (C=O) groups is 2. The molecule has 0 aliphatic carbocycles. The predicted octanol–water partition coefficient (Wildman–Crippen LogP) is 0.0828. The molecule has 2 N–H and O–H groups in total. The Hall–Kier alpha value is -0.710. The van der Waals surface area contributed by atoms with Crippen molar-refractivity contribution in [2.75, 3.05) is 11.5 Å². The summed E-state index contributed by atoms with van der Waals surface area (Å²) >= 11 is 1.75. The van der Waals surface area contributed by atoms with Crippen molar-refractivity contribution in [2.24, 2.45) is 0 Å². The summed E-state index contributed by atoms with van der Waals surface area (Å²) in [7, 11) is 0. The molecule has 0 aromatic heterocycles. The van der Waals surface area contributed by atoms with Gasteiger partial charge in [-0.25, -0.2) is 4.79 Å². The number of thioether (sulfide) groups is 1. The van der Waals surface area contributed by atoms with Crippen LogP contribution in [0.3, 0.4) is 0 Å². The van der Waals surface area contributed by atoms with Gasteiger partial charge in [0.1, 0.15) is 0 Å². The van der Waals surface area contributed by atoms with Gasteiger partial charge < -0.3 is 10.4 Å². The number of carbonyl (C=O) groups excluding carboxylic acids is 1. The van der Waals surface area contributed by atoms with E-state index in [1.807, 2.05) is 0 Å². The smallest absolute Gasteiger partial charge is 0.394 e. The first-order chi connectivity index (χ1) is 5.70. The molecular weight excluding hydrogens is 178 g/mol. The van der Waals surface area contributed by atoms with E-state index in [0.717, 1.165) is 24.3 Å². The molecule has 1 rings (SSSR count). The lowest BCUT2D eigenvalue weighted by Gasteiger charge is -2.21. The number of nitrogens with one attached hydrogen (secondary N) is 1. The van der Waals surface area contributed by atoms with Crippen LogP contribution in [0.5, 0.6) is 0 Å². The topological polar surface area (TPSA) is 66.4 Å². The third kappa shape index (κ3) is 2.73. The minimum Gasteiger partial charge on any atom is -0.474 e. The maximum atomic E-state index is 10.7. The van der Waals surface area contributed by atoms with E-state index in [0.29, 0.717) is 0 Å². The predicted molar refractivity (Wildman–Crippen MR) is 46.1 cm³/mol. The second-order valence-corrected chi connectivity index (χ2v) is 3.84. The third-order valence-corrected chi connectivity index (χ3v) is 2.91. The SMILES string of the molecule is O=C(O)C(=O)NC1CCCSC1. The van der Waals surface area contributed by atoms with E-state index in [-0.39, 0.29) is 6.04 Å². The zero-order valence-corrected chi connectivity index (χ0v) is 7.39. The molecule has 1 aliphatic heterocycles. The number of rotatable bonds is 1. The van der Waals surface area contributed by atoms with Gasteiger partial charge in [0.05, 0.1) is 0 Å². The lowest BCUT2D eigenvalue weighted by molar-refractivity contribution is -0.150. The van der Waals surface area contributed by atoms with Crippen LogP contribution in [0.4, 0.5) is 0 Å². The van der Waals surface area contributed by atoms with E-state index in [2.05, 4.69) is 5.32 Å². The molecule has 0 bridgehead atoms. The first-order valence-corrected chi connectivity index (χ1v) is 4.97. The Morgan fingerprint density at radius 2 is 2.25 bits per heavy atom. The summed E-state index contributed by atoms with van der Waals surface area (Å²) in [5.74, 6) is -0.341. The molecule has 1 atom stereocenters. The summed E-state index contributed by atoms with van der Waals surface area (Å²) in [5, 5.41) is 10.8. The highest BCUT2D eigenvalue weighted by atomic mass is 32.2. The van der Waals surface area contributed by atoms with Crippen molar-refractivity contribution >= 4 is 23.6 Å². The quantitative estimate of drug-likeness (QED) is 0.573. The number of hydrogen-bond donors (Lipinski definition) is 2. The highest BCUT2D eigenvalue weighted by Gasteiger charge is 2.19. The molecule has 0 aromatic rings. The van der Waals surface area contributed by atoms with Gasteiger partial charge in [-0.1, -0.05) is 0 Å². The number of carboxylic acid groups (broad SMARTS) is 1. The van der Waals surface area contributed by atoms with E-state index in [9.17, 15) is 9.59 Å². The van der Waals surface area contributed by atoms with Gasteiger partial charge in [-0.2, -0.15) is 11.8 Å². The first kappa shape index (κ1) is 9.38. The maximum Gasteiger partial charge on any atom is 0.394 e. The molecule has 0 spiro atoms. The second-order valence-electron chi connectivity index (χ2n) is 2.69. The van der Waals surface area contributed by atoms with Crippen molar-refractivity contribution in [3.8, 4) is 0 Å². The number of aliphatic carboxylic acids is 1. The van der Waals surface area contributed by atoms with Gasteiger partial charge in [0.15, 0.2) is 0 Å². The fourth-order valence-electron chi connectivity index (χ4n) is 1.10. The molecule has 0 radical (unpaired) electrons. The molecule has 1 amide bonds. The van der Waals surface area contributed by atoms with Crippen LogP contribution in [0.25, 0.3) is 0 Å². The molecule has 0 aromatic carbocycles. The molecular formula is C7H11NO3S. The highest BCUT2D eigenvalue weighted by Crippen LogP contribution is 2.16. The summed E-state index contributed by atoms with van der Waals surface area (Å²) in [6.07, 6.45) is 1.95. The van der Waals surface area contributed by atoms with Gasteiger partial charge in [0.25, 0.3) is 0 Å². The van der Waals surface area contributed by atoms with Crippen LogP contribution in [0.15, 0.2) is 0 Å². The van der Waals surface area contributed by atoms with Gasteiger partial charge in [-0.15, -0.1) is 0 Å². The standard InChI is InChI=1S/C7H11NO3S/c9-6(7(10)11)8-5-2-1-3-12-4-5/h5H,1-4H2,(H,8,9)(H,10,11). The van der Waals surface area contributed by atoms with E-state index < -0.39 is 11.9 Å². The monoisotopic (exact) mass is 189 g/mol. The number of hydrogen-bond acceptors (Lipinski definition) is 3. The van der Waals surface area contributed by atoms with Crippen LogP contribution in [0.1, 0.15) is 12.8 Å². The molecule has 1 aliphatic rings. The summed E-state index contributed by atoms with van der Waals surface area (Å²) < 4.78 is 0. The fraction of sp³-hybridized carbons (Fsp3) is 0.714. The van der Waals surface area contributed by atoms with Crippen molar-refractivity contribution in [3.63, 3.8) is 0 Å². The Labute approximate surface area is 74.7 Å². The van der Waals surface area contributed by atoms with Crippen molar-refractivity contribution < 1.29 is 14.7 Å². The second kappa shape index (κ2) is 4.35. The summed E-state index contributed by atoms with van der Waals surface area (Å²) in [6.45, 7) is 0. The fourth-order valence-corrected chi connectivity index (χ4v) is 2.17. The van der Waals surface area contributed by atoms with Crippen LogP contribution in [0, 0.1) is 0 Å². The van der Waals surface area contributed by atoms with E-state index in [1.165, 1.54) is 0 Å². The van der Waals surface area contributed by atoms with Crippen LogP contribution in [-0.4, -0.2) is 34.5 Å². The maximum absolute atomic E-state index is 10.7. The Bertz CT molecular complexity index is 189. The van der Waals surface area contributed by atoms with Crippen LogP contribution in [-0.2, 0) is 9.59 Å². The van der Waals surface area contributed by atoms with E-state index in [4.69, 9.17) is 5.11 Å². The van der Waals surface area contributed by atoms with Gasteiger partial charge in [0.2, 0.25) is 0 Å². The van der Waals surface area contributed by atoms with Crippen molar-refractivity contribution in [1.82, 2.24) is 5.32 Å². The average Bonchev–Trinajstić information content (AvgIpc) is 2.06. The minimum absolute atomic E-state index is 0.0485. The minimum atomic E-state index is -1.40. The zero-order chi connectivity index (χ0) is 8.97. The normalized spacial score (nSPS) is 23.2. The lowest BCUT2D eigenvalue weighted by Crippen LogP contribution is -2.41. The molecule has 1 fully saturated rings. The lowest BCUT2D eigenvalue weighted by atomic mass is 10.2. The van der Waals surface area contributed by atoms with Crippen LogP contribution in [0.2, 0.25) is 0 Å². The largest absolute Gasteiger partial charge is 0.474 e. The summed E-state index contributed by atoms with van der Waals surface area (Å²) in [6, 6.07) is 0.0485. The number of amides is 1. The molecule has 0 saturated carbocycles. The van der Waals surface area contributed by atoms with E-state index in [1.54, 1.807) is 11.8 Å². The first-order valence-electron chi connectivity index (χ1n) is 3.81. The average molecular weight is 189 g/mol. The number of carboxylic acids is 1. The highest BCUT2D eigenvalue weighted by molar-refractivity contribution is 7.99. The van der Waals surface area contributed by atoms with Gasteiger partial charge >= 0.3 is 11.9 Å². The Balaban J connectivity index is 2.29. The molecule has 12 heavy (non-hydrogen) atoms. The van der Waals surface area contributed by atoms with Gasteiger partial charge in [-0.05, 0) is 18.6 Å². The molecule has 1 unspecified atom stereocenters. The zero-order valence-electron chi connectivity index (χ0n) is 6.58. The summed E-state index contributed by atoms with van der Waals surface area (Å²) in [4.78, 5) is 20.8. The van der Waals surface area contributed by atoms with Crippen molar-refractivity contribution in [3.05, 3.63) is 0 Å². The molecule has 68 valence electrons. The van der Waals surface area contributed by atoms with Gasteiger partial charge in [-0.3, -0.25) is 4.79 Å². The van der Waals surface area contributed by atoms with Gasteiger partial charge in [0, 0.05) is 11.8 Å². The summed E-state index contributed by atoms with van der Waals surface area (Å²) in [5.41, 5.74) is 0. The molecule has 1 heterocycles. The van der Waals surface area contributed by atoms with E-state index >= 15 is 0 Å². The Morgan fingerprint density at radius 1 is 1.50 bits per heavy atom.